The van der Waals surface area contributed by atoms with Crippen molar-refractivity contribution in [3.05, 3.63) is 28.3 Å². The van der Waals surface area contributed by atoms with Gasteiger partial charge in [-0.15, -0.1) is 9.24 Å². The van der Waals surface area contributed by atoms with Gasteiger partial charge in [-0.3, -0.25) is 0 Å². The number of rotatable bonds is 1. The van der Waals surface area contributed by atoms with E-state index in [2.05, 4.69) is 15.3 Å². The SMILES string of the molecule is CCc1c(P)ccc(C#N)c1Cl. The van der Waals surface area contributed by atoms with Gasteiger partial charge in [0.25, 0.3) is 0 Å². The summed E-state index contributed by atoms with van der Waals surface area (Å²) < 4.78 is 0. The molecule has 0 radical (unpaired) electrons. The predicted molar refractivity (Wildman–Crippen MR) is 54.9 cm³/mol. The third-order valence-electron chi connectivity index (χ3n) is 1.75. The molecule has 1 unspecified atom stereocenters. The van der Waals surface area contributed by atoms with Crippen LogP contribution in [0.5, 0.6) is 0 Å². The standard InChI is InChI=1S/C9H9ClNP/c1-2-7-8(12)4-3-6(5-11)9(7)10/h3-4H,2,12H2,1H3. The second-order valence-electron chi connectivity index (χ2n) is 2.46. The molecule has 0 spiro atoms. The molecule has 1 aromatic rings. The first-order valence-corrected chi connectivity index (χ1v) is 4.63. The van der Waals surface area contributed by atoms with Gasteiger partial charge in [-0.05, 0) is 23.4 Å². The highest BCUT2D eigenvalue weighted by molar-refractivity contribution is 7.27. The van der Waals surface area contributed by atoms with E-state index >= 15 is 0 Å². The summed E-state index contributed by atoms with van der Waals surface area (Å²) in [5.74, 6) is 0. The summed E-state index contributed by atoms with van der Waals surface area (Å²) in [4.78, 5) is 0. The summed E-state index contributed by atoms with van der Waals surface area (Å²) in [6.07, 6.45) is 0.854. The summed E-state index contributed by atoms with van der Waals surface area (Å²) in [6, 6.07) is 5.69. The zero-order valence-corrected chi connectivity index (χ0v) is 8.67. The third kappa shape index (κ3) is 1.61. The summed E-state index contributed by atoms with van der Waals surface area (Å²) >= 11 is 5.98. The number of nitriles is 1. The van der Waals surface area contributed by atoms with Crippen LogP contribution < -0.4 is 5.30 Å². The van der Waals surface area contributed by atoms with E-state index in [0.29, 0.717) is 10.6 Å². The topological polar surface area (TPSA) is 23.8 Å². The molecule has 0 saturated carbocycles. The van der Waals surface area contributed by atoms with Crippen LogP contribution in [0, 0.1) is 11.3 Å². The molecule has 0 heterocycles. The summed E-state index contributed by atoms with van der Waals surface area (Å²) in [5.41, 5.74) is 1.60. The Bertz CT molecular complexity index is 341. The smallest absolute Gasteiger partial charge is 0.101 e. The molecule has 0 fully saturated rings. The highest BCUT2D eigenvalue weighted by Crippen LogP contribution is 2.20. The van der Waals surface area contributed by atoms with Crippen LogP contribution >= 0.6 is 20.8 Å². The molecule has 1 atom stereocenters. The maximum Gasteiger partial charge on any atom is 0.101 e. The van der Waals surface area contributed by atoms with Crippen molar-refractivity contribution >= 4 is 26.1 Å². The van der Waals surface area contributed by atoms with Crippen LogP contribution in [-0.2, 0) is 6.42 Å². The second-order valence-corrected chi connectivity index (χ2v) is 3.46. The molecule has 0 N–H and O–H groups in total. The van der Waals surface area contributed by atoms with Crippen LogP contribution in [0.4, 0.5) is 0 Å². The average molecular weight is 198 g/mol. The van der Waals surface area contributed by atoms with Gasteiger partial charge in [0.1, 0.15) is 6.07 Å². The molecule has 12 heavy (non-hydrogen) atoms. The molecule has 1 nitrogen and oxygen atoms in total. The van der Waals surface area contributed by atoms with Gasteiger partial charge < -0.3 is 0 Å². The van der Waals surface area contributed by atoms with Crippen molar-refractivity contribution in [3.63, 3.8) is 0 Å². The van der Waals surface area contributed by atoms with Crippen molar-refractivity contribution in [2.75, 3.05) is 0 Å². The highest BCUT2D eigenvalue weighted by atomic mass is 35.5. The van der Waals surface area contributed by atoms with Gasteiger partial charge in [-0.25, -0.2) is 0 Å². The van der Waals surface area contributed by atoms with Crippen molar-refractivity contribution in [2.45, 2.75) is 13.3 Å². The lowest BCUT2D eigenvalue weighted by molar-refractivity contribution is 1.15. The number of halogens is 1. The van der Waals surface area contributed by atoms with E-state index in [9.17, 15) is 0 Å². The minimum Gasteiger partial charge on any atom is -0.192 e. The van der Waals surface area contributed by atoms with E-state index in [1.165, 1.54) is 0 Å². The zero-order chi connectivity index (χ0) is 9.14. The molecule has 0 aliphatic rings. The Kier molecular flexibility index (Phi) is 3.09. The normalized spacial score (nSPS) is 9.50. The van der Waals surface area contributed by atoms with Crippen molar-refractivity contribution in [1.29, 1.82) is 5.26 Å². The van der Waals surface area contributed by atoms with Crippen LogP contribution in [0.1, 0.15) is 18.1 Å². The van der Waals surface area contributed by atoms with E-state index < -0.39 is 0 Å². The molecule has 3 heteroatoms. The monoisotopic (exact) mass is 197 g/mol. The Hall–Kier alpha value is -0.570. The molecular formula is C9H9ClNP. The van der Waals surface area contributed by atoms with Gasteiger partial charge in [0.05, 0.1) is 10.6 Å². The molecule has 0 bridgehead atoms. The van der Waals surface area contributed by atoms with Crippen molar-refractivity contribution in [2.24, 2.45) is 0 Å². The lowest BCUT2D eigenvalue weighted by atomic mass is 10.1. The van der Waals surface area contributed by atoms with E-state index in [1.54, 1.807) is 6.07 Å². The first-order chi connectivity index (χ1) is 5.70. The van der Waals surface area contributed by atoms with E-state index in [4.69, 9.17) is 16.9 Å². The van der Waals surface area contributed by atoms with Gasteiger partial charge in [0.15, 0.2) is 0 Å². The van der Waals surface area contributed by atoms with Crippen LogP contribution in [0.2, 0.25) is 5.02 Å². The minimum absolute atomic E-state index is 0.555. The third-order valence-corrected chi connectivity index (χ3v) is 2.73. The zero-order valence-electron chi connectivity index (χ0n) is 6.76. The van der Waals surface area contributed by atoms with Gasteiger partial charge in [-0.1, -0.05) is 24.6 Å². The fraction of sp³-hybridized carbons (Fsp3) is 0.222. The maximum atomic E-state index is 8.69. The first kappa shape index (κ1) is 9.52. The number of hydrogen-bond donors (Lipinski definition) is 0. The lowest BCUT2D eigenvalue weighted by Crippen LogP contribution is -2.02. The van der Waals surface area contributed by atoms with Crippen LogP contribution in [0.25, 0.3) is 0 Å². The van der Waals surface area contributed by atoms with Gasteiger partial charge in [0, 0.05) is 0 Å². The van der Waals surface area contributed by atoms with E-state index in [1.807, 2.05) is 13.0 Å². The largest absolute Gasteiger partial charge is 0.192 e. The number of hydrogen-bond acceptors (Lipinski definition) is 1. The molecule has 1 rings (SSSR count). The quantitative estimate of drug-likeness (QED) is 0.634. The Morgan fingerprint density at radius 1 is 1.58 bits per heavy atom. The predicted octanol–water partition coefficient (Wildman–Crippen LogP) is 2.27. The molecule has 0 aromatic heterocycles. The van der Waals surface area contributed by atoms with E-state index in [0.717, 1.165) is 17.3 Å². The summed E-state index contributed by atoms with van der Waals surface area (Å²) in [5, 5.41) is 10.3. The first-order valence-electron chi connectivity index (χ1n) is 3.67. The van der Waals surface area contributed by atoms with Gasteiger partial charge in [0.2, 0.25) is 0 Å². The molecule has 62 valence electrons. The Morgan fingerprint density at radius 3 is 2.75 bits per heavy atom. The highest BCUT2D eigenvalue weighted by Gasteiger charge is 2.06. The maximum absolute atomic E-state index is 8.69. The average Bonchev–Trinajstić information content (AvgIpc) is 2.06. The Morgan fingerprint density at radius 2 is 2.25 bits per heavy atom. The molecule has 0 saturated heterocycles. The molecule has 1 aromatic carbocycles. The fourth-order valence-corrected chi connectivity index (χ4v) is 1.97. The number of nitrogens with zero attached hydrogens (tertiary/aromatic N) is 1. The Labute approximate surface area is 79.6 Å². The van der Waals surface area contributed by atoms with Crippen molar-refractivity contribution < 1.29 is 0 Å². The minimum atomic E-state index is 0.555. The van der Waals surface area contributed by atoms with Crippen molar-refractivity contribution in [3.8, 4) is 6.07 Å². The Balaban J connectivity index is 3.36. The van der Waals surface area contributed by atoms with Crippen LogP contribution in [0.3, 0.4) is 0 Å². The molecule has 0 aliphatic carbocycles. The van der Waals surface area contributed by atoms with Gasteiger partial charge >= 0.3 is 0 Å². The summed E-state index contributed by atoms with van der Waals surface area (Å²) in [6.45, 7) is 2.02. The van der Waals surface area contributed by atoms with Gasteiger partial charge in [-0.2, -0.15) is 5.26 Å². The van der Waals surface area contributed by atoms with E-state index in [-0.39, 0.29) is 0 Å². The van der Waals surface area contributed by atoms with Crippen molar-refractivity contribution in [1.82, 2.24) is 0 Å². The summed E-state index contributed by atoms with van der Waals surface area (Å²) in [7, 11) is 2.62. The second kappa shape index (κ2) is 3.90. The lowest BCUT2D eigenvalue weighted by Gasteiger charge is -2.05. The van der Waals surface area contributed by atoms with Crippen LogP contribution in [-0.4, -0.2) is 0 Å². The number of benzene rings is 1. The van der Waals surface area contributed by atoms with Crippen LogP contribution in [0.15, 0.2) is 12.1 Å². The molecule has 0 aliphatic heterocycles. The molecule has 0 amide bonds. The molecular weight excluding hydrogens is 189 g/mol. The fourth-order valence-electron chi connectivity index (χ4n) is 1.08.